The first kappa shape index (κ1) is 20.2. The van der Waals surface area contributed by atoms with Crippen LogP contribution in [0.15, 0.2) is 23.1 Å². The third-order valence-corrected chi connectivity index (χ3v) is 5.78. The predicted molar refractivity (Wildman–Crippen MR) is 90.9 cm³/mol. The van der Waals surface area contributed by atoms with Gasteiger partial charge in [-0.1, -0.05) is 11.6 Å². The van der Waals surface area contributed by atoms with Crippen molar-refractivity contribution in [2.24, 2.45) is 0 Å². The number of nitrogens with one attached hydrogen (secondary N) is 1. The molecule has 1 fully saturated rings. The molecule has 0 aromatic heterocycles. The van der Waals surface area contributed by atoms with E-state index in [4.69, 9.17) is 11.6 Å². The maximum atomic E-state index is 12.8. The molecule has 1 aromatic rings. The summed E-state index contributed by atoms with van der Waals surface area (Å²) in [7, 11) is -0.640. The number of rotatable bonds is 4. The SMILES string of the molecule is CNC1CCCN(S(=O)(=O)c2cc(Cl)cc(C(=O)OC)c2)C1.Cl. The second kappa shape index (κ2) is 8.30. The van der Waals surface area contributed by atoms with Gasteiger partial charge in [0.2, 0.25) is 10.0 Å². The van der Waals surface area contributed by atoms with Crippen molar-refractivity contribution in [2.45, 2.75) is 23.8 Å². The molecule has 0 saturated carbocycles. The minimum atomic E-state index is -3.69. The van der Waals surface area contributed by atoms with Gasteiger partial charge in [-0.05, 0) is 38.1 Å². The normalized spacial score (nSPS) is 19.0. The van der Waals surface area contributed by atoms with Gasteiger partial charge in [-0.15, -0.1) is 12.4 Å². The lowest BCUT2D eigenvalue weighted by molar-refractivity contribution is 0.0600. The first-order chi connectivity index (χ1) is 10.4. The van der Waals surface area contributed by atoms with Crippen molar-refractivity contribution in [3.8, 4) is 0 Å². The van der Waals surface area contributed by atoms with Crippen LogP contribution in [-0.2, 0) is 14.8 Å². The van der Waals surface area contributed by atoms with Crippen LogP contribution in [0.25, 0.3) is 0 Å². The Balaban J connectivity index is 0.00000264. The average molecular weight is 383 g/mol. The van der Waals surface area contributed by atoms with Crippen LogP contribution in [0.5, 0.6) is 0 Å². The van der Waals surface area contributed by atoms with Gasteiger partial charge in [-0.25, -0.2) is 13.2 Å². The number of ether oxygens (including phenoxy) is 1. The van der Waals surface area contributed by atoms with Gasteiger partial charge in [0.1, 0.15) is 0 Å². The van der Waals surface area contributed by atoms with Crippen LogP contribution in [0.3, 0.4) is 0 Å². The second-order valence-corrected chi connectivity index (χ2v) is 7.53. The lowest BCUT2D eigenvalue weighted by atomic mass is 10.1. The summed E-state index contributed by atoms with van der Waals surface area (Å²) in [5.74, 6) is -0.620. The molecule has 0 amide bonds. The monoisotopic (exact) mass is 382 g/mol. The van der Waals surface area contributed by atoms with E-state index in [1.54, 1.807) is 0 Å². The molecule has 6 nitrogen and oxygen atoms in total. The van der Waals surface area contributed by atoms with Gasteiger partial charge in [0.05, 0.1) is 17.6 Å². The molecule has 0 radical (unpaired) electrons. The number of halogens is 2. The number of methoxy groups -OCH3 is 1. The van der Waals surface area contributed by atoms with E-state index in [0.29, 0.717) is 13.1 Å². The van der Waals surface area contributed by atoms with Gasteiger partial charge in [0.15, 0.2) is 0 Å². The van der Waals surface area contributed by atoms with E-state index in [2.05, 4.69) is 10.1 Å². The number of sulfonamides is 1. The zero-order valence-corrected chi connectivity index (χ0v) is 15.3. The maximum Gasteiger partial charge on any atom is 0.337 e. The highest BCUT2D eigenvalue weighted by Gasteiger charge is 2.30. The molecule has 1 aromatic carbocycles. The number of nitrogens with zero attached hydrogens (tertiary/aromatic N) is 1. The van der Waals surface area contributed by atoms with Crippen LogP contribution in [0, 0.1) is 0 Å². The van der Waals surface area contributed by atoms with Crippen molar-refractivity contribution in [1.29, 1.82) is 0 Å². The zero-order valence-electron chi connectivity index (χ0n) is 12.9. The summed E-state index contributed by atoms with van der Waals surface area (Å²) < 4.78 is 31.5. The summed E-state index contributed by atoms with van der Waals surface area (Å²) in [4.78, 5) is 11.6. The van der Waals surface area contributed by atoms with E-state index in [9.17, 15) is 13.2 Å². The molecular weight excluding hydrogens is 363 g/mol. The van der Waals surface area contributed by atoms with Gasteiger partial charge < -0.3 is 10.1 Å². The summed E-state index contributed by atoms with van der Waals surface area (Å²) in [5.41, 5.74) is 0.121. The zero-order chi connectivity index (χ0) is 16.3. The van der Waals surface area contributed by atoms with Crippen LogP contribution in [0.2, 0.25) is 5.02 Å². The topological polar surface area (TPSA) is 75.7 Å². The average Bonchev–Trinajstić information content (AvgIpc) is 2.53. The van der Waals surface area contributed by atoms with Gasteiger partial charge in [-0.3, -0.25) is 0 Å². The molecule has 130 valence electrons. The fraction of sp³-hybridized carbons (Fsp3) is 0.500. The van der Waals surface area contributed by atoms with Crippen LogP contribution in [0.4, 0.5) is 0 Å². The highest BCUT2D eigenvalue weighted by Crippen LogP contribution is 2.25. The molecule has 0 spiro atoms. The van der Waals surface area contributed by atoms with E-state index in [1.165, 1.54) is 29.6 Å². The Morgan fingerprint density at radius 1 is 1.39 bits per heavy atom. The molecule has 1 atom stereocenters. The Bertz CT molecular complexity index is 667. The fourth-order valence-corrected chi connectivity index (χ4v) is 4.39. The van der Waals surface area contributed by atoms with Crippen molar-refractivity contribution < 1.29 is 17.9 Å². The number of hydrogen-bond donors (Lipinski definition) is 1. The molecule has 9 heteroatoms. The first-order valence-corrected chi connectivity index (χ1v) is 8.76. The van der Waals surface area contributed by atoms with E-state index >= 15 is 0 Å². The molecule has 0 aliphatic carbocycles. The largest absolute Gasteiger partial charge is 0.465 e. The molecule has 23 heavy (non-hydrogen) atoms. The number of hydrogen-bond acceptors (Lipinski definition) is 5. The van der Waals surface area contributed by atoms with Crippen LogP contribution in [-0.4, -0.2) is 52.0 Å². The minimum absolute atomic E-state index is 0. The van der Waals surface area contributed by atoms with Crippen molar-refractivity contribution in [3.63, 3.8) is 0 Å². The van der Waals surface area contributed by atoms with Gasteiger partial charge in [-0.2, -0.15) is 4.31 Å². The summed E-state index contributed by atoms with van der Waals surface area (Å²) in [5, 5.41) is 3.29. The molecular formula is C14H20Cl2N2O4S. The Morgan fingerprint density at radius 2 is 2.09 bits per heavy atom. The number of piperidine rings is 1. The predicted octanol–water partition coefficient (Wildman–Crippen LogP) is 1.92. The molecule has 2 rings (SSSR count). The van der Waals surface area contributed by atoms with E-state index in [0.717, 1.165) is 12.8 Å². The van der Waals surface area contributed by atoms with E-state index in [-0.39, 0.29) is 33.9 Å². The number of likely N-dealkylation sites (N-methyl/N-ethyl adjacent to an activating group) is 1. The minimum Gasteiger partial charge on any atom is -0.465 e. The van der Waals surface area contributed by atoms with Crippen LogP contribution >= 0.6 is 24.0 Å². The third-order valence-electron chi connectivity index (χ3n) is 3.72. The highest BCUT2D eigenvalue weighted by atomic mass is 35.5. The summed E-state index contributed by atoms with van der Waals surface area (Å²) in [6.45, 7) is 0.861. The van der Waals surface area contributed by atoms with Gasteiger partial charge in [0, 0.05) is 24.2 Å². The molecule has 1 N–H and O–H groups in total. The molecule has 1 aliphatic heterocycles. The summed E-state index contributed by atoms with van der Waals surface area (Å²) in [6.07, 6.45) is 1.72. The third kappa shape index (κ3) is 4.58. The summed E-state index contributed by atoms with van der Waals surface area (Å²) >= 11 is 5.95. The molecule has 1 heterocycles. The smallest absolute Gasteiger partial charge is 0.337 e. The first-order valence-electron chi connectivity index (χ1n) is 6.95. The Hall–Kier alpha value is -0.860. The Labute approximate surface area is 147 Å². The lowest BCUT2D eigenvalue weighted by Crippen LogP contribution is -2.46. The fourth-order valence-electron chi connectivity index (χ4n) is 2.49. The van der Waals surface area contributed by atoms with E-state index < -0.39 is 16.0 Å². The maximum absolute atomic E-state index is 12.8. The van der Waals surface area contributed by atoms with Gasteiger partial charge in [0.25, 0.3) is 0 Å². The standard InChI is InChI=1S/C14H19ClN2O4S.ClH/c1-16-12-4-3-5-17(9-12)22(19,20)13-7-10(14(18)21-2)6-11(15)8-13;/h6-8,12,16H,3-5,9H2,1-2H3;1H. The highest BCUT2D eigenvalue weighted by molar-refractivity contribution is 7.89. The molecule has 1 saturated heterocycles. The Morgan fingerprint density at radius 3 is 2.70 bits per heavy atom. The second-order valence-electron chi connectivity index (χ2n) is 5.16. The summed E-state index contributed by atoms with van der Waals surface area (Å²) in [6, 6.07) is 4.17. The number of carbonyl (C=O) groups excluding carboxylic acids is 1. The van der Waals surface area contributed by atoms with Crippen molar-refractivity contribution in [1.82, 2.24) is 9.62 Å². The number of esters is 1. The molecule has 0 bridgehead atoms. The number of carbonyl (C=O) groups is 1. The van der Waals surface area contributed by atoms with Crippen molar-refractivity contribution in [3.05, 3.63) is 28.8 Å². The molecule has 1 unspecified atom stereocenters. The Kier molecular flexibility index (Phi) is 7.29. The van der Waals surface area contributed by atoms with Crippen molar-refractivity contribution >= 4 is 40.0 Å². The van der Waals surface area contributed by atoms with Gasteiger partial charge >= 0.3 is 5.97 Å². The van der Waals surface area contributed by atoms with Crippen molar-refractivity contribution in [2.75, 3.05) is 27.2 Å². The van der Waals surface area contributed by atoms with Crippen LogP contribution < -0.4 is 5.32 Å². The van der Waals surface area contributed by atoms with Crippen LogP contribution in [0.1, 0.15) is 23.2 Å². The number of benzene rings is 1. The van der Waals surface area contributed by atoms with E-state index in [1.807, 2.05) is 7.05 Å². The molecule has 1 aliphatic rings. The quantitative estimate of drug-likeness (QED) is 0.805. The lowest BCUT2D eigenvalue weighted by Gasteiger charge is -2.31.